The van der Waals surface area contributed by atoms with Gasteiger partial charge in [-0.25, -0.2) is 4.79 Å². The third-order valence-corrected chi connectivity index (χ3v) is 1.87. The molecule has 0 spiro atoms. The largest absolute Gasteiger partial charge is 0.512 e. The van der Waals surface area contributed by atoms with Crippen LogP contribution in [-0.2, 0) is 4.79 Å². The molecule has 0 fully saturated rings. The van der Waals surface area contributed by atoms with Gasteiger partial charge in [0.25, 0.3) is 5.70 Å². The first-order valence-electron chi connectivity index (χ1n) is 3.58. The topological polar surface area (TPSA) is 80.4 Å². The van der Waals surface area contributed by atoms with Crippen LogP contribution in [0.1, 0.15) is 6.92 Å². The minimum atomic E-state index is -0.667. The molecular weight excluding hydrogens is 174 g/mol. The number of rotatable bonds is 1. The Labute approximate surface area is 73.8 Å². The van der Waals surface area contributed by atoms with E-state index in [4.69, 9.17) is 0 Å². The molecule has 1 rings (SSSR count). The third-order valence-electron chi connectivity index (χ3n) is 1.87. The van der Waals surface area contributed by atoms with Gasteiger partial charge in [-0.15, -0.1) is 0 Å². The molecule has 1 aliphatic carbocycles. The predicted molar refractivity (Wildman–Crippen MR) is 44.2 cm³/mol. The average Bonchev–Trinajstić information content (AvgIpc) is 2.09. The summed E-state index contributed by atoms with van der Waals surface area (Å²) in [6.45, 7) is 1.50. The Bertz CT molecular complexity index is 360. The van der Waals surface area contributed by atoms with Gasteiger partial charge >= 0.3 is 0 Å². The number of hydrogen-bond acceptors (Lipinski definition) is 4. The Morgan fingerprint density at radius 1 is 1.62 bits per heavy atom. The Balaban J connectivity index is 3.23. The van der Waals surface area contributed by atoms with E-state index in [2.05, 4.69) is 0 Å². The van der Waals surface area contributed by atoms with Gasteiger partial charge in [0, 0.05) is 6.08 Å². The van der Waals surface area contributed by atoms with Gasteiger partial charge in [0.2, 0.25) is 0 Å². The van der Waals surface area contributed by atoms with Crippen LogP contribution < -0.4 is 0 Å². The quantitative estimate of drug-likeness (QED) is 0.371. The number of aliphatic hydroxyl groups is 1. The molecule has 1 unspecified atom stereocenters. The van der Waals surface area contributed by atoms with Crippen molar-refractivity contribution in [3.8, 4) is 0 Å². The molecule has 1 N–H and O–H groups in total. The van der Waals surface area contributed by atoms with Crippen LogP contribution in [-0.4, -0.2) is 16.0 Å². The fraction of sp³-hybridized carbons (Fsp3) is 0.250. The van der Waals surface area contributed by atoms with Gasteiger partial charge in [0.1, 0.15) is 17.3 Å². The van der Waals surface area contributed by atoms with Gasteiger partial charge in [-0.05, 0) is 6.08 Å². The number of hydrogen-bond donors (Lipinski definition) is 1. The van der Waals surface area contributed by atoms with E-state index in [1.54, 1.807) is 0 Å². The van der Waals surface area contributed by atoms with Crippen molar-refractivity contribution >= 4 is 5.94 Å². The smallest absolute Gasteiger partial charge is 0.284 e. The van der Waals surface area contributed by atoms with E-state index in [0.29, 0.717) is 0 Å². The van der Waals surface area contributed by atoms with Crippen LogP contribution in [0.25, 0.3) is 0 Å². The van der Waals surface area contributed by atoms with Crippen molar-refractivity contribution in [3.63, 3.8) is 0 Å². The molecule has 5 nitrogen and oxygen atoms in total. The SMILES string of the molecule is CC1C(=C=O)C([N+](=O)[O-])=CC=C1O. The van der Waals surface area contributed by atoms with E-state index < -0.39 is 10.8 Å². The summed E-state index contributed by atoms with van der Waals surface area (Å²) < 4.78 is 0. The molecule has 0 aromatic carbocycles. The van der Waals surface area contributed by atoms with E-state index in [0.717, 1.165) is 6.08 Å². The fourth-order valence-electron chi connectivity index (χ4n) is 1.07. The second kappa shape index (κ2) is 3.25. The van der Waals surface area contributed by atoms with Crippen LogP contribution in [0.2, 0.25) is 0 Å². The van der Waals surface area contributed by atoms with Crippen molar-refractivity contribution in [1.82, 2.24) is 0 Å². The summed E-state index contributed by atoms with van der Waals surface area (Å²) in [5.74, 6) is 0.756. The normalized spacial score (nSPS) is 21.6. The highest BCUT2D eigenvalue weighted by Gasteiger charge is 2.29. The Morgan fingerprint density at radius 2 is 2.23 bits per heavy atom. The van der Waals surface area contributed by atoms with Crippen LogP contribution in [0.5, 0.6) is 0 Å². The standard InChI is InChI=1S/C8H7NO4/c1-5-6(4-10)7(9(12)13)2-3-8(5)11/h2-3,5,11H,1H3. The van der Waals surface area contributed by atoms with Gasteiger partial charge in [-0.2, -0.15) is 0 Å². The number of nitro groups is 1. The Hall–Kier alpha value is -1.87. The molecule has 1 atom stereocenters. The maximum absolute atomic E-state index is 10.4. The van der Waals surface area contributed by atoms with Crippen molar-refractivity contribution in [2.24, 2.45) is 5.92 Å². The average molecular weight is 181 g/mol. The zero-order valence-electron chi connectivity index (χ0n) is 6.85. The lowest BCUT2D eigenvalue weighted by Crippen LogP contribution is -2.14. The molecule has 5 heteroatoms. The number of nitrogens with zero attached hydrogens (tertiary/aromatic N) is 1. The van der Waals surface area contributed by atoms with Crippen molar-refractivity contribution in [2.45, 2.75) is 6.92 Å². The van der Waals surface area contributed by atoms with Crippen molar-refractivity contribution < 1.29 is 14.8 Å². The number of aliphatic hydroxyl groups excluding tert-OH is 1. The summed E-state index contributed by atoms with van der Waals surface area (Å²) in [6.07, 6.45) is 2.30. The van der Waals surface area contributed by atoms with Crippen LogP contribution >= 0.6 is 0 Å². The minimum absolute atomic E-state index is 0.0658. The first-order valence-corrected chi connectivity index (χ1v) is 3.58. The molecule has 68 valence electrons. The van der Waals surface area contributed by atoms with Gasteiger partial charge in [-0.3, -0.25) is 10.1 Å². The van der Waals surface area contributed by atoms with Crippen LogP contribution in [0.15, 0.2) is 29.2 Å². The molecule has 0 saturated heterocycles. The van der Waals surface area contributed by atoms with Crippen LogP contribution in [0.4, 0.5) is 0 Å². The molecule has 0 aromatic heterocycles. The second-order valence-corrected chi connectivity index (χ2v) is 2.64. The highest BCUT2D eigenvalue weighted by Crippen LogP contribution is 2.27. The second-order valence-electron chi connectivity index (χ2n) is 2.64. The van der Waals surface area contributed by atoms with E-state index in [9.17, 15) is 20.0 Å². The van der Waals surface area contributed by atoms with E-state index in [1.807, 2.05) is 0 Å². The van der Waals surface area contributed by atoms with Crippen molar-refractivity contribution in [2.75, 3.05) is 0 Å². The molecule has 0 saturated carbocycles. The molecule has 0 bridgehead atoms. The Kier molecular flexibility index (Phi) is 2.30. The molecule has 0 aromatic rings. The van der Waals surface area contributed by atoms with Crippen molar-refractivity contribution in [3.05, 3.63) is 39.3 Å². The monoisotopic (exact) mass is 181 g/mol. The first kappa shape index (κ1) is 9.22. The lowest BCUT2D eigenvalue weighted by molar-refractivity contribution is -0.421. The molecule has 0 radical (unpaired) electrons. The molecule has 0 heterocycles. The number of carbonyl (C=O) groups excluding carboxylic acids is 1. The van der Waals surface area contributed by atoms with E-state index in [-0.39, 0.29) is 17.0 Å². The maximum Gasteiger partial charge on any atom is 0.284 e. The lowest BCUT2D eigenvalue weighted by Gasteiger charge is -2.12. The van der Waals surface area contributed by atoms with Crippen LogP contribution in [0, 0.1) is 16.0 Å². The van der Waals surface area contributed by atoms with Gasteiger partial charge < -0.3 is 5.11 Å². The van der Waals surface area contributed by atoms with Crippen molar-refractivity contribution in [1.29, 1.82) is 0 Å². The summed E-state index contributed by atoms with van der Waals surface area (Å²) in [7, 11) is 0. The summed E-state index contributed by atoms with van der Waals surface area (Å²) in [5.41, 5.74) is -0.426. The van der Waals surface area contributed by atoms with Crippen LogP contribution in [0.3, 0.4) is 0 Å². The highest BCUT2D eigenvalue weighted by atomic mass is 16.6. The van der Waals surface area contributed by atoms with E-state index in [1.165, 1.54) is 18.9 Å². The first-order chi connectivity index (χ1) is 6.07. The minimum Gasteiger partial charge on any atom is -0.512 e. The summed E-state index contributed by atoms with van der Waals surface area (Å²) >= 11 is 0. The predicted octanol–water partition coefficient (Wildman–Crippen LogP) is 0.997. The Morgan fingerprint density at radius 3 is 2.69 bits per heavy atom. The summed E-state index contributed by atoms with van der Waals surface area (Å²) in [5, 5.41) is 19.6. The summed E-state index contributed by atoms with van der Waals surface area (Å²) in [6, 6.07) is 0. The molecule has 0 aliphatic heterocycles. The van der Waals surface area contributed by atoms with Gasteiger partial charge in [-0.1, -0.05) is 6.92 Å². The lowest BCUT2D eigenvalue weighted by atomic mass is 9.93. The third kappa shape index (κ3) is 1.50. The summed E-state index contributed by atoms with van der Waals surface area (Å²) in [4.78, 5) is 20.1. The highest BCUT2D eigenvalue weighted by molar-refractivity contribution is 5.63. The zero-order valence-corrected chi connectivity index (χ0v) is 6.85. The molecule has 0 amide bonds. The number of allylic oxidation sites excluding steroid dienone is 4. The molecular formula is C8H7NO4. The van der Waals surface area contributed by atoms with Gasteiger partial charge in [0.15, 0.2) is 0 Å². The zero-order chi connectivity index (χ0) is 10.0. The maximum atomic E-state index is 10.4. The molecule has 13 heavy (non-hydrogen) atoms. The van der Waals surface area contributed by atoms with Gasteiger partial charge in [0.05, 0.1) is 10.8 Å². The fourth-order valence-corrected chi connectivity index (χ4v) is 1.07. The molecule has 1 aliphatic rings. The van der Waals surface area contributed by atoms with E-state index >= 15 is 0 Å².